The summed E-state index contributed by atoms with van der Waals surface area (Å²) in [5, 5.41) is 17.0. The molecule has 2 amide bonds. The molecule has 3 aromatic carbocycles. The van der Waals surface area contributed by atoms with Gasteiger partial charge >= 0.3 is 0 Å². The summed E-state index contributed by atoms with van der Waals surface area (Å²) in [4.78, 5) is 38.3. The maximum Gasteiger partial charge on any atom is 0.258 e. The number of ether oxygens (including phenoxy) is 1. The highest BCUT2D eigenvalue weighted by Gasteiger charge is 2.37. The Hall–Kier alpha value is -3.16. The lowest BCUT2D eigenvalue weighted by molar-refractivity contribution is -0.131. The number of para-hydroxylation sites is 1. The molecule has 3 atom stereocenters. The molecule has 0 aliphatic heterocycles. The van der Waals surface area contributed by atoms with Gasteiger partial charge in [0.05, 0.1) is 11.1 Å². The monoisotopic (exact) mass is 512 g/mol. The van der Waals surface area contributed by atoms with Crippen LogP contribution in [0.2, 0.25) is 5.02 Å². The second-order valence-electron chi connectivity index (χ2n) is 9.68. The number of rotatable bonds is 12. The van der Waals surface area contributed by atoms with Gasteiger partial charge in [0.15, 0.2) is 12.0 Å². The van der Waals surface area contributed by atoms with Crippen molar-refractivity contribution in [3.8, 4) is 16.9 Å². The van der Waals surface area contributed by atoms with Gasteiger partial charge in [0.25, 0.3) is 5.91 Å². The first kappa shape index (κ1) is 27.4. The van der Waals surface area contributed by atoms with Crippen molar-refractivity contribution in [1.29, 1.82) is 0 Å². The van der Waals surface area contributed by atoms with Gasteiger partial charge < -0.3 is 20.5 Å². The van der Waals surface area contributed by atoms with Crippen molar-refractivity contribution in [2.24, 2.45) is 11.8 Å². The van der Waals surface area contributed by atoms with Crippen molar-refractivity contribution in [2.45, 2.75) is 52.3 Å². The van der Waals surface area contributed by atoms with E-state index < -0.39 is 30.0 Å². The summed E-state index contributed by atoms with van der Waals surface area (Å²) < 4.78 is 5.49. The summed E-state index contributed by atoms with van der Waals surface area (Å²) >= 11 is 6.07. The Balaban J connectivity index is 1.68. The van der Waals surface area contributed by atoms with Crippen molar-refractivity contribution in [2.75, 3.05) is 6.61 Å². The van der Waals surface area contributed by atoms with E-state index in [9.17, 15) is 19.5 Å². The van der Waals surface area contributed by atoms with Crippen LogP contribution in [0.1, 0.15) is 45.8 Å². The fraction of sp³-hybridized carbons (Fsp3) is 0.393. The summed E-state index contributed by atoms with van der Waals surface area (Å²) in [5.41, 5.74) is 1.36. The Morgan fingerprint density at radius 2 is 1.61 bits per heavy atom. The Labute approximate surface area is 216 Å². The van der Waals surface area contributed by atoms with Gasteiger partial charge in [-0.25, -0.2) is 0 Å². The lowest BCUT2D eigenvalue weighted by atomic mass is 9.95. The minimum absolute atomic E-state index is 0.116. The predicted molar refractivity (Wildman–Crippen MR) is 141 cm³/mol. The summed E-state index contributed by atoms with van der Waals surface area (Å²) in [7, 11) is 0. The number of hydrogen-bond donors (Lipinski definition) is 3. The lowest BCUT2D eigenvalue weighted by Gasteiger charge is -2.29. The van der Waals surface area contributed by atoms with E-state index in [1.54, 1.807) is 24.3 Å². The van der Waals surface area contributed by atoms with Crippen LogP contribution in [0, 0.1) is 11.8 Å². The van der Waals surface area contributed by atoms with Crippen LogP contribution in [0.4, 0.5) is 0 Å². The van der Waals surface area contributed by atoms with E-state index in [4.69, 9.17) is 16.3 Å². The highest BCUT2D eigenvalue weighted by molar-refractivity contribution is 6.32. The first-order valence-electron chi connectivity index (χ1n) is 12.1. The first-order valence-corrected chi connectivity index (χ1v) is 12.5. The van der Waals surface area contributed by atoms with Gasteiger partial charge in [-0.3, -0.25) is 14.4 Å². The van der Waals surface area contributed by atoms with Gasteiger partial charge in [-0.2, -0.15) is 0 Å². The van der Waals surface area contributed by atoms with Crippen molar-refractivity contribution in [3.63, 3.8) is 0 Å². The molecule has 0 saturated carbocycles. The van der Waals surface area contributed by atoms with Gasteiger partial charge in [0.2, 0.25) is 5.91 Å². The molecule has 0 unspecified atom stereocenters. The Morgan fingerprint density at radius 1 is 0.972 bits per heavy atom. The third-order valence-corrected chi connectivity index (χ3v) is 6.27. The molecule has 0 aliphatic carbocycles. The zero-order valence-electron chi connectivity index (χ0n) is 21.0. The summed E-state index contributed by atoms with van der Waals surface area (Å²) in [6.45, 7) is 7.31. The van der Waals surface area contributed by atoms with Crippen molar-refractivity contribution < 1.29 is 19.4 Å². The number of carbonyl (C=O) groups excluding carboxylic acids is 2. The maximum absolute atomic E-state index is 13.2. The van der Waals surface area contributed by atoms with Crippen LogP contribution in [0.25, 0.3) is 11.1 Å². The van der Waals surface area contributed by atoms with Crippen LogP contribution in [0.5, 0.6) is 5.75 Å². The fourth-order valence-electron chi connectivity index (χ4n) is 4.06. The molecule has 0 radical (unpaired) electrons. The fourth-order valence-corrected chi connectivity index (χ4v) is 4.25. The number of benzene rings is 2. The highest BCUT2D eigenvalue weighted by Crippen LogP contribution is 2.33. The summed E-state index contributed by atoms with van der Waals surface area (Å²) in [5.74, 6) is -0.573. The predicted octanol–water partition coefficient (Wildman–Crippen LogP) is 4.03. The summed E-state index contributed by atoms with van der Waals surface area (Å²) in [6.07, 6.45) is -0.766. The molecule has 36 heavy (non-hydrogen) atoms. The van der Waals surface area contributed by atoms with Crippen LogP contribution < -0.4 is 20.8 Å². The number of aliphatic hydroxyl groups is 1. The molecule has 0 saturated heterocycles. The van der Waals surface area contributed by atoms with E-state index in [2.05, 4.69) is 10.6 Å². The summed E-state index contributed by atoms with van der Waals surface area (Å²) in [6, 6.07) is 14.4. The largest absolute Gasteiger partial charge is 0.482 e. The first-order chi connectivity index (χ1) is 17.1. The topological polar surface area (TPSA) is 105 Å². The Kier molecular flexibility index (Phi) is 9.29. The van der Waals surface area contributed by atoms with Gasteiger partial charge in [-0.1, -0.05) is 81.8 Å². The van der Waals surface area contributed by atoms with E-state index in [1.807, 2.05) is 58.0 Å². The number of aliphatic hydroxyl groups excluding tert-OH is 1. The van der Waals surface area contributed by atoms with Crippen LogP contribution in [-0.4, -0.2) is 35.6 Å². The second-order valence-corrected chi connectivity index (χ2v) is 10.1. The van der Waals surface area contributed by atoms with Crippen molar-refractivity contribution in [3.05, 3.63) is 75.4 Å². The molecule has 0 bridgehead atoms. The molecular weight excluding hydrogens is 480 g/mol. The molecule has 192 valence electrons. The molecule has 3 N–H and O–H groups in total. The van der Waals surface area contributed by atoms with Crippen LogP contribution in [0.3, 0.4) is 0 Å². The molecular formula is C28H33ClN2O5. The van der Waals surface area contributed by atoms with Crippen LogP contribution in [0.15, 0.2) is 59.4 Å². The van der Waals surface area contributed by atoms with Gasteiger partial charge in [0.1, 0.15) is 17.9 Å². The number of carbonyl (C=O) groups is 2. The Morgan fingerprint density at radius 3 is 2.22 bits per heavy atom. The molecule has 0 aromatic heterocycles. The Bertz CT molecular complexity index is 1180. The average Bonchev–Trinajstić information content (AvgIpc) is 3.51. The van der Waals surface area contributed by atoms with E-state index in [0.29, 0.717) is 28.3 Å². The number of nitrogens with one attached hydrogen (secondary N) is 2. The molecule has 0 heterocycles. The molecule has 0 fully saturated rings. The SMILES string of the molecule is CC(C)C[C@H](NC(=O)COc1ccccc1Cl)C(=O)N[C@@H](C(C)C)[C@@H](O)c1c(-c2ccccc2)c1=O. The quantitative estimate of drug-likeness (QED) is 0.340. The maximum atomic E-state index is 13.2. The van der Waals surface area contributed by atoms with E-state index in [-0.39, 0.29) is 23.9 Å². The molecule has 7 nitrogen and oxygen atoms in total. The number of hydrogen-bond acceptors (Lipinski definition) is 5. The minimum Gasteiger partial charge on any atom is -0.482 e. The smallest absolute Gasteiger partial charge is 0.258 e. The number of halogens is 1. The third kappa shape index (κ3) is 6.95. The molecule has 0 aliphatic rings. The van der Waals surface area contributed by atoms with Crippen LogP contribution in [-0.2, 0) is 9.59 Å². The molecule has 3 aromatic rings. The highest BCUT2D eigenvalue weighted by atomic mass is 35.5. The van der Waals surface area contributed by atoms with Gasteiger partial charge in [0, 0.05) is 11.1 Å². The lowest BCUT2D eigenvalue weighted by Crippen LogP contribution is -2.53. The van der Waals surface area contributed by atoms with Crippen molar-refractivity contribution >= 4 is 23.4 Å². The zero-order valence-corrected chi connectivity index (χ0v) is 21.7. The van der Waals surface area contributed by atoms with Gasteiger partial charge in [-0.05, 0) is 36.0 Å². The van der Waals surface area contributed by atoms with Crippen molar-refractivity contribution in [1.82, 2.24) is 10.6 Å². The second kappa shape index (κ2) is 12.2. The average molecular weight is 513 g/mol. The normalized spacial score (nSPS) is 14.0. The third-order valence-electron chi connectivity index (χ3n) is 5.96. The van der Waals surface area contributed by atoms with Crippen LogP contribution >= 0.6 is 11.6 Å². The van der Waals surface area contributed by atoms with E-state index >= 15 is 0 Å². The van der Waals surface area contributed by atoms with Gasteiger partial charge in [-0.15, -0.1) is 0 Å². The van der Waals surface area contributed by atoms with E-state index in [0.717, 1.165) is 5.56 Å². The zero-order chi connectivity index (χ0) is 26.4. The minimum atomic E-state index is -1.16. The molecule has 0 spiro atoms. The van der Waals surface area contributed by atoms with E-state index in [1.165, 1.54) is 0 Å². The number of amides is 2. The molecule has 3 rings (SSSR count). The molecule has 8 heteroatoms. The standard InChI is InChI=1S/C28H33ClN2O5/c1-16(2)14-20(30-22(32)15-36-21-13-9-8-12-19(21)29)28(35)31-25(17(3)4)27(34)24-23(26(24)33)18-10-6-5-7-11-18/h5-13,16-17,20,25,27,34H,14-15H2,1-4H3,(H,30,32)(H,31,35)/t20-,25-,27-/m0/s1.